The van der Waals surface area contributed by atoms with Crippen molar-refractivity contribution < 1.29 is 0 Å². The van der Waals surface area contributed by atoms with Crippen LogP contribution in [0.2, 0.25) is 0 Å². The first-order valence-corrected chi connectivity index (χ1v) is 9.06. The molecule has 0 amide bonds. The van der Waals surface area contributed by atoms with Gasteiger partial charge in [-0.05, 0) is 31.7 Å². The van der Waals surface area contributed by atoms with Gasteiger partial charge in [0.2, 0.25) is 0 Å². The molecule has 0 aromatic carbocycles. The fraction of sp³-hybridized carbons (Fsp3) is 0.625. The molecule has 1 fully saturated rings. The Balaban J connectivity index is 1.30. The van der Waals surface area contributed by atoms with Crippen molar-refractivity contribution in [3.8, 4) is 0 Å². The van der Waals surface area contributed by atoms with Crippen molar-refractivity contribution in [3.05, 3.63) is 33.0 Å². The summed E-state index contributed by atoms with van der Waals surface area (Å²) in [6.07, 6.45) is 3.69. The Morgan fingerprint density at radius 3 is 2.64 bits per heavy atom. The van der Waals surface area contributed by atoms with Crippen molar-refractivity contribution in [3.63, 3.8) is 0 Å². The minimum Gasteiger partial charge on any atom is -0.295 e. The summed E-state index contributed by atoms with van der Waals surface area (Å²) in [5.41, 5.74) is 5.39. The Labute approximate surface area is 135 Å². The van der Waals surface area contributed by atoms with Crippen LogP contribution >= 0.6 is 11.3 Å². The second kappa shape index (κ2) is 6.10. The standard InChI is InChI=1S/C16H23N5S/c1-12-17-13(11-22-12)9-20-5-7-21(8-6-20)10-16-14-3-2-4-15(14)18-19-16/h11H,2-10H2,1H3,(H,18,19). The second-order valence-corrected chi connectivity index (χ2v) is 7.45. The Kier molecular flexibility index (Phi) is 3.98. The van der Waals surface area contributed by atoms with E-state index in [1.165, 1.54) is 46.9 Å². The Hall–Kier alpha value is -1.24. The summed E-state index contributed by atoms with van der Waals surface area (Å²) in [7, 11) is 0. The fourth-order valence-electron chi connectivity index (χ4n) is 3.55. The SMILES string of the molecule is Cc1nc(CN2CCN(Cc3n[nH]c4c3CCC4)CC2)cs1. The molecule has 2 aliphatic rings. The lowest BCUT2D eigenvalue weighted by Crippen LogP contribution is -2.45. The predicted molar refractivity (Wildman–Crippen MR) is 88.0 cm³/mol. The van der Waals surface area contributed by atoms with Crippen molar-refractivity contribution in [2.45, 2.75) is 39.3 Å². The van der Waals surface area contributed by atoms with Crippen LogP contribution in [0.3, 0.4) is 0 Å². The molecule has 0 atom stereocenters. The number of H-pyrrole nitrogens is 1. The molecule has 0 unspecified atom stereocenters. The van der Waals surface area contributed by atoms with E-state index in [1.54, 1.807) is 11.3 Å². The Bertz CT molecular complexity index is 639. The molecule has 1 N–H and O–H groups in total. The van der Waals surface area contributed by atoms with Crippen molar-refractivity contribution in [2.24, 2.45) is 0 Å². The topological polar surface area (TPSA) is 48.1 Å². The van der Waals surface area contributed by atoms with Crippen LogP contribution in [0.4, 0.5) is 0 Å². The lowest BCUT2D eigenvalue weighted by molar-refractivity contribution is 0.120. The van der Waals surface area contributed by atoms with Gasteiger partial charge < -0.3 is 0 Å². The molecule has 4 rings (SSSR count). The molecule has 0 bridgehead atoms. The van der Waals surface area contributed by atoms with Crippen LogP contribution in [0, 0.1) is 6.92 Å². The summed E-state index contributed by atoms with van der Waals surface area (Å²) in [5, 5.41) is 11.1. The van der Waals surface area contributed by atoms with Crippen LogP contribution in [0.15, 0.2) is 5.38 Å². The van der Waals surface area contributed by atoms with Crippen LogP contribution in [-0.4, -0.2) is 51.2 Å². The first-order valence-electron chi connectivity index (χ1n) is 8.18. The summed E-state index contributed by atoms with van der Waals surface area (Å²) in [5.74, 6) is 0. The number of nitrogens with one attached hydrogen (secondary N) is 1. The lowest BCUT2D eigenvalue weighted by Gasteiger charge is -2.34. The largest absolute Gasteiger partial charge is 0.295 e. The molecular formula is C16H23N5S. The molecule has 0 saturated carbocycles. The number of aryl methyl sites for hydroxylation is 2. The van der Waals surface area contributed by atoms with E-state index in [2.05, 4.69) is 37.3 Å². The van der Waals surface area contributed by atoms with Crippen LogP contribution in [0.5, 0.6) is 0 Å². The summed E-state index contributed by atoms with van der Waals surface area (Å²) in [6, 6.07) is 0. The minimum atomic E-state index is 0.996. The first-order chi connectivity index (χ1) is 10.8. The van der Waals surface area contributed by atoms with E-state index in [0.29, 0.717) is 0 Å². The van der Waals surface area contributed by atoms with E-state index in [-0.39, 0.29) is 0 Å². The maximum absolute atomic E-state index is 4.57. The molecule has 3 heterocycles. The zero-order chi connectivity index (χ0) is 14.9. The lowest BCUT2D eigenvalue weighted by atomic mass is 10.2. The molecule has 2 aromatic heterocycles. The van der Waals surface area contributed by atoms with E-state index in [9.17, 15) is 0 Å². The monoisotopic (exact) mass is 317 g/mol. The highest BCUT2D eigenvalue weighted by Gasteiger charge is 2.22. The first kappa shape index (κ1) is 14.4. The maximum atomic E-state index is 4.57. The molecule has 1 aliphatic carbocycles. The predicted octanol–water partition coefficient (Wildman–Crippen LogP) is 1.98. The van der Waals surface area contributed by atoms with Gasteiger partial charge in [-0.2, -0.15) is 5.10 Å². The van der Waals surface area contributed by atoms with E-state index < -0.39 is 0 Å². The highest BCUT2D eigenvalue weighted by molar-refractivity contribution is 7.09. The quantitative estimate of drug-likeness (QED) is 0.937. The van der Waals surface area contributed by atoms with Gasteiger partial charge in [0, 0.05) is 50.3 Å². The molecule has 0 spiro atoms. The van der Waals surface area contributed by atoms with Crippen molar-refractivity contribution in [2.75, 3.05) is 26.2 Å². The Morgan fingerprint density at radius 1 is 1.14 bits per heavy atom. The van der Waals surface area contributed by atoms with Gasteiger partial charge in [0.25, 0.3) is 0 Å². The molecular weight excluding hydrogens is 294 g/mol. The van der Waals surface area contributed by atoms with Gasteiger partial charge in [0.15, 0.2) is 0 Å². The fourth-order valence-corrected chi connectivity index (χ4v) is 4.15. The minimum absolute atomic E-state index is 0.996. The van der Waals surface area contributed by atoms with Crippen molar-refractivity contribution in [1.82, 2.24) is 25.0 Å². The van der Waals surface area contributed by atoms with E-state index in [4.69, 9.17) is 0 Å². The molecule has 2 aromatic rings. The maximum Gasteiger partial charge on any atom is 0.0897 e. The molecule has 0 radical (unpaired) electrons. The van der Waals surface area contributed by atoms with Gasteiger partial charge in [0.1, 0.15) is 0 Å². The number of aromatic nitrogens is 3. The van der Waals surface area contributed by atoms with Crippen LogP contribution in [-0.2, 0) is 25.9 Å². The third-order valence-corrected chi connectivity index (χ3v) is 5.60. The van der Waals surface area contributed by atoms with Gasteiger partial charge in [0.05, 0.1) is 16.4 Å². The Morgan fingerprint density at radius 2 is 1.91 bits per heavy atom. The molecule has 6 heteroatoms. The highest BCUT2D eigenvalue weighted by Crippen LogP contribution is 2.24. The average molecular weight is 317 g/mol. The number of hydrogen-bond donors (Lipinski definition) is 1. The average Bonchev–Trinajstić information content (AvgIpc) is 3.21. The van der Waals surface area contributed by atoms with Gasteiger partial charge in [-0.3, -0.25) is 14.9 Å². The summed E-state index contributed by atoms with van der Waals surface area (Å²) in [4.78, 5) is 9.63. The van der Waals surface area contributed by atoms with E-state index in [0.717, 1.165) is 39.3 Å². The van der Waals surface area contributed by atoms with Crippen LogP contribution in [0.25, 0.3) is 0 Å². The van der Waals surface area contributed by atoms with E-state index >= 15 is 0 Å². The number of rotatable bonds is 4. The zero-order valence-corrected chi connectivity index (χ0v) is 14.0. The smallest absolute Gasteiger partial charge is 0.0897 e. The molecule has 1 saturated heterocycles. The van der Waals surface area contributed by atoms with Crippen LogP contribution < -0.4 is 0 Å². The molecule has 1 aliphatic heterocycles. The highest BCUT2D eigenvalue weighted by atomic mass is 32.1. The van der Waals surface area contributed by atoms with Gasteiger partial charge in [-0.15, -0.1) is 11.3 Å². The number of nitrogens with zero attached hydrogens (tertiary/aromatic N) is 4. The number of piperazine rings is 1. The second-order valence-electron chi connectivity index (χ2n) is 6.39. The summed E-state index contributed by atoms with van der Waals surface area (Å²) in [6.45, 7) is 8.60. The number of fused-ring (bicyclic) bond motifs is 1. The molecule has 5 nitrogen and oxygen atoms in total. The molecule has 22 heavy (non-hydrogen) atoms. The number of hydrogen-bond acceptors (Lipinski definition) is 5. The van der Waals surface area contributed by atoms with Crippen molar-refractivity contribution >= 4 is 11.3 Å². The number of aromatic amines is 1. The van der Waals surface area contributed by atoms with Gasteiger partial charge in [-0.1, -0.05) is 0 Å². The number of thiazole rings is 1. The van der Waals surface area contributed by atoms with Gasteiger partial charge in [-0.25, -0.2) is 4.98 Å². The summed E-state index contributed by atoms with van der Waals surface area (Å²) >= 11 is 1.75. The third-order valence-electron chi connectivity index (χ3n) is 4.78. The van der Waals surface area contributed by atoms with Gasteiger partial charge >= 0.3 is 0 Å². The van der Waals surface area contributed by atoms with E-state index in [1.807, 2.05) is 0 Å². The summed E-state index contributed by atoms with van der Waals surface area (Å²) < 4.78 is 0. The van der Waals surface area contributed by atoms with Crippen molar-refractivity contribution in [1.29, 1.82) is 0 Å². The van der Waals surface area contributed by atoms with Crippen LogP contribution in [0.1, 0.15) is 34.1 Å². The third kappa shape index (κ3) is 2.95. The normalized spacial score (nSPS) is 19.7. The zero-order valence-electron chi connectivity index (χ0n) is 13.1. The molecule has 118 valence electrons.